The third kappa shape index (κ3) is 9.10. The molecule has 3 rings (SSSR count). The van der Waals surface area contributed by atoms with Gasteiger partial charge in [-0.3, -0.25) is 0 Å². The maximum atomic E-state index is 12.3. The lowest BCUT2D eigenvalue weighted by Gasteiger charge is -2.21. The maximum Gasteiger partial charge on any atom is 0.336 e. The van der Waals surface area contributed by atoms with Gasteiger partial charge in [0.25, 0.3) is 0 Å². The molecule has 1 heterocycles. The summed E-state index contributed by atoms with van der Waals surface area (Å²) in [7, 11) is 1.53. The van der Waals surface area contributed by atoms with Crippen LogP contribution in [0.15, 0.2) is 48.6 Å². The average molecular weight is 534 g/mol. The summed E-state index contributed by atoms with van der Waals surface area (Å²) in [6.07, 6.45) is 10.9. The lowest BCUT2D eigenvalue weighted by Crippen LogP contribution is -2.25. The molecule has 1 atom stereocenters. The Morgan fingerprint density at radius 2 is 1.74 bits per heavy atom. The van der Waals surface area contributed by atoms with E-state index in [1.165, 1.54) is 39.2 Å². The fraction of sp³-hybridized carbons (Fsp3) is 0.438. The highest BCUT2D eigenvalue weighted by Crippen LogP contribution is 2.35. The molecule has 208 valence electrons. The number of nitriles is 1. The minimum Gasteiger partial charge on any atom is -0.493 e. The first-order valence-corrected chi connectivity index (χ1v) is 13.7. The number of fused-ring (bicyclic) bond motifs is 1. The van der Waals surface area contributed by atoms with Crippen LogP contribution in [0.3, 0.4) is 0 Å². The number of rotatable bonds is 16. The molecule has 2 aromatic rings. The van der Waals surface area contributed by atoms with Crippen molar-refractivity contribution in [3.05, 3.63) is 59.7 Å². The van der Waals surface area contributed by atoms with Gasteiger partial charge in [0.2, 0.25) is 13.1 Å². The molecule has 7 heteroatoms. The molecule has 1 unspecified atom stereocenters. The van der Waals surface area contributed by atoms with Gasteiger partial charge < -0.3 is 23.7 Å². The topological polar surface area (TPSA) is 87.0 Å². The van der Waals surface area contributed by atoms with E-state index in [4.69, 9.17) is 23.7 Å². The second-order valence-electron chi connectivity index (χ2n) is 9.64. The van der Waals surface area contributed by atoms with Gasteiger partial charge in [0, 0.05) is 12.0 Å². The molecule has 39 heavy (non-hydrogen) atoms. The van der Waals surface area contributed by atoms with Crippen LogP contribution in [0.5, 0.6) is 23.0 Å². The van der Waals surface area contributed by atoms with Gasteiger partial charge in [-0.25, -0.2) is 4.79 Å². The second-order valence-corrected chi connectivity index (χ2v) is 9.64. The highest BCUT2D eigenvalue weighted by atomic mass is 16.7. The van der Waals surface area contributed by atoms with Crippen molar-refractivity contribution in [1.29, 1.82) is 5.26 Å². The first-order chi connectivity index (χ1) is 18.9. The Morgan fingerprint density at radius 3 is 2.44 bits per heavy atom. The zero-order chi connectivity index (χ0) is 28.0. The number of esters is 1. The molecule has 1 aliphatic heterocycles. The standard InChI is InChI=1S/C32H39NO6/c1-5-6-7-8-9-10-11-12-13-31(39-32(34)23(2)3)38-28-17-15-25(20-29(28)35-4)26(21-33)18-24-14-16-27-30(19-24)37-22-36-27/h14-20,31H,2,5-13,22H2,1,3-4H3/b26-18+. The van der Waals surface area contributed by atoms with Gasteiger partial charge in [0.15, 0.2) is 23.0 Å². The van der Waals surface area contributed by atoms with Gasteiger partial charge in [-0.2, -0.15) is 5.26 Å². The first kappa shape index (κ1) is 29.6. The van der Waals surface area contributed by atoms with Gasteiger partial charge in [-0.15, -0.1) is 0 Å². The van der Waals surface area contributed by atoms with Gasteiger partial charge in [-0.05, 0) is 60.9 Å². The van der Waals surface area contributed by atoms with Crippen LogP contribution in [0.4, 0.5) is 0 Å². The van der Waals surface area contributed by atoms with Gasteiger partial charge in [0.1, 0.15) is 0 Å². The van der Waals surface area contributed by atoms with Crippen LogP contribution >= 0.6 is 0 Å². The van der Waals surface area contributed by atoms with E-state index in [-0.39, 0.29) is 6.79 Å². The fourth-order valence-electron chi connectivity index (χ4n) is 4.23. The van der Waals surface area contributed by atoms with Crippen LogP contribution in [0.1, 0.15) is 82.8 Å². The summed E-state index contributed by atoms with van der Waals surface area (Å²) in [4.78, 5) is 12.3. The summed E-state index contributed by atoms with van der Waals surface area (Å²) >= 11 is 0. The number of carbonyl (C=O) groups excluding carboxylic acids is 1. The Kier molecular flexibility index (Phi) is 11.8. The largest absolute Gasteiger partial charge is 0.493 e. The van der Waals surface area contributed by atoms with Crippen molar-refractivity contribution in [3.8, 4) is 29.1 Å². The highest BCUT2D eigenvalue weighted by molar-refractivity contribution is 5.90. The molecule has 0 amide bonds. The monoisotopic (exact) mass is 533 g/mol. The zero-order valence-corrected chi connectivity index (χ0v) is 23.3. The molecule has 0 fully saturated rings. The maximum absolute atomic E-state index is 12.3. The van der Waals surface area contributed by atoms with E-state index in [0.29, 0.717) is 46.1 Å². The number of unbranched alkanes of at least 4 members (excludes halogenated alkanes) is 7. The van der Waals surface area contributed by atoms with Crippen LogP contribution in [-0.2, 0) is 9.53 Å². The predicted octanol–water partition coefficient (Wildman–Crippen LogP) is 7.84. The Balaban J connectivity index is 1.69. The van der Waals surface area contributed by atoms with E-state index in [9.17, 15) is 10.1 Å². The highest BCUT2D eigenvalue weighted by Gasteiger charge is 2.20. The minimum absolute atomic E-state index is 0.188. The molecule has 7 nitrogen and oxygen atoms in total. The number of carbonyl (C=O) groups is 1. The first-order valence-electron chi connectivity index (χ1n) is 13.7. The summed E-state index contributed by atoms with van der Waals surface area (Å²) < 4.78 is 28.1. The molecule has 2 aromatic carbocycles. The number of nitrogens with zero attached hydrogens (tertiary/aromatic N) is 1. The van der Waals surface area contributed by atoms with E-state index >= 15 is 0 Å². The summed E-state index contributed by atoms with van der Waals surface area (Å²) in [6, 6.07) is 13.0. The van der Waals surface area contributed by atoms with E-state index in [2.05, 4.69) is 19.6 Å². The Hall–Kier alpha value is -3.92. The van der Waals surface area contributed by atoms with Crippen molar-refractivity contribution < 1.29 is 28.5 Å². The summed E-state index contributed by atoms with van der Waals surface area (Å²) in [5.41, 5.74) is 2.24. The summed E-state index contributed by atoms with van der Waals surface area (Å²) in [5, 5.41) is 9.85. The Bertz CT molecular complexity index is 1200. The third-order valence-corrected chi connectivity index (χ3v) is 6.44. The average Bonchev–Trinajstić information content (AvgIpc) is 3.41. The number of hydrogen-bond acceptors (Lipinski definition) is 7. The summed E-state index contributed by atoms with van der Waals surface area (Å²) in [6.45, 7) is 7.70. The van der Waals surface area contributed by atoms with Crippen molar-refractivity contribution in [1.82, 2.24) is 0 Å². The zero-order valence-electron chi connectivity index (χ0n) is 23.3. The van der Waals surface area contributed by atoms with Crippen LogP contribution in [0, 0.1) is 11.3 Å². The molecular weight excluding hydrogens is 494 g/mol. The fourth-order valence-corrected chi connectivity index (χ4v) is 4.23. The van der Waals surface area contributed by atoms with Gasteiger partial charge in [-0.1, -0.05) is 64.5 Å². The Morgan fingerprint density at radius 1 is 1.03 bits per heavy atom. The lowest BCUT2D eigenvalue weighted by atomic mass is 10.0. The van der Waals surface area contributed by atoms with E-state index in [1.807, 2.05) is 18.2 Å². The third-order valence-electron chi connectivity index (χ3n) is 6.44. The van der Waals surface area contributed by atoms with Crippen LogP contribution in [0.25, 0.3) is 11.6 Å². The van der Waals surface area contributed by atoms with E-state index in [1.54, 1.807) is 31.2 Å². The van der Waals surface area contributed by atoms with Crippen LogP contribution in [0.2, 0.25) is 0 Å². The van der Waals surface area contributed by atoms with Gasteiger partial charge in [0.05, 0.1) is 18.8 Å². The molecule has 1 aliphatic rings. The molecule has 0 radical (unpaired) electrons. The number of hydrogen-bond donors (Lipinski definition) is 0. The number of ether oxygens (including phenoxy) is 5. The van der Waals surface area contributed by atoms with Crippen molar-refractivity contribution in [3.63, 3.8) is 0 Å². The van der Waals surface area contributed by atoms with Crippen molar-refractivity contribution in [2.24, 2.45) is 0 Å². The lowest BCUT2D eigenvalue weighted by molar-refractivity contribution is -0.159. The quantitative estimate of drug-likeness (QED) is 0.0542. The Labute approximate surface area is 232 Å². The van der Waals surface area contributed by atoms with Crippen molar-refractivity contribution >= 4 is 17.6 Å². The molecule has 0 bridgehead atoms. The molecule has 0 saturated heterocycles. The van der Waals surface area contributed by atoms with Gasteiger partial charge >= 0.3 is 5.97 Å². The molecule has 0 aliphatic carbocycles. The summed E-state index contributed by atoms with van der Waals surface area (Å²) in [5.74, 6) is 1.71. The molecule has 0 spiro atoms. The predicted molar refractivity (Wildman–Crippen MR) is 152 cm³/mol. The molecule has 0 saturated carbocycles. The van der Waals surface area contributed by atoms with E-state index in [0.717, 1.165) is 24.8 Å². The van der Waals surface area contributed by atoms with Crippen molar-refractivity contribution in [2.45, 2.75) is 77.9 Å². The van der Waals surface area contributed by atoms with Crippen LogP contribution < -0.4 is 18.9 Å². The normalized spacial score (nSPS) is 12.9. The number of benzene rings is 2. The second kappa shape index (κ2) is 15.5. The smallest absolute Gasteiger partial charge is 0.336 e. The van der Waals surface area contributed by atoms with Crippen LogP contribution in [-0.4, -0.2) is 26.2 Å². The SMILES string of the molecule is C=C(C)C(=O)OC(CCCCCCCCCC)Oc1ccc(/C(C#N)=C/c2ccc3c(c2)OCO3)cc1OC. The number of methoxy groups -OCH3 is 1. The molecular formula is C32H39NO6. The molecule has 0 aromatic heterocycles. The van der Waals surface area contributed by atoms with E-state index < -0.39 is 12.3 Å². The molecule has 0 N–H and O–H groups in total. The number of allylic oxidation sites excluding steroid dienone is 1. The minimum atomic E-state index is -0.770. The van der Waals surface area contributed by atoms with Crippen molar-refractivity contribution in [2.75, 3.05) is 13.9 Å².